The molecule has 0 bridgehead atoms. The van der Waals surface area contributed by atoms with Crippen LogP contribution in [0.15, 0.2) is 24.4 Å². The summed E-state index contributed by atoms with van der Waals surface area (Å²) in [6.45, 7) is 11.2. The predicted molar refractivity (Wildman–Crippen MR) is 53.7 cm³/mol. The van der Waals surface area contributed by atoms with Crippen LogP contribution in [0.5, 0.6) is 0 Å². The van der Waals surface area contributed by atoms with Gasteiger partial charge in [0, 0.05) is 13.1 Å². The molecule has 0 rings (SSSR count). The lowest BCUT2D eigenvalue weighted by Crippen LogP contribution is -2.17. The quantitative estimate of drug-likeness (QED) is 0.582. The number of amides is 1. The number of allylic oxidation sites excluding steroid dienone is 1. The van der Waals surface area contributed by atoms with E-state index in [1.807, 2.05) is 27.7 Å². The van der Waals surface area contributed by atoms with Crippen molar-refractivity contribution in [3.8, 4) is 0 Å². The van der Waals surface area contributed by atoms with Crippen LogP contribution in [0.2, 0.25) is 0 Å². The van der Waals surface area contributed by atoms with Crippen LogP contribution >= 0.6 is 0 Å². The van der Waals surface area contributed by atoms with Crippen LogP contribution in [-0.4, -0.2) is 17.9 Å². The highest BCUT2D eigenvalue weighted by Crippen LogP contribution is 1.92. The van der Waals surface area contributed by atoms with Crippen LogP contribution in [-0.2, 0) is 4.79 Å². The van der Waals surface area contributed by atoms with Gasteiger partial charge in [-0.3, -0.25) is 4.79 Å². The summed E-state index contributed by atoms with van der Waals surface area (Å²) in [4.78, 5) is 12.4. The summed E-state index contributed by atoms with van der Waals surface area (Å²) in [5, 5.41) is 0. The first-order valence-corrected chi connectivity index (χ1v) is 4.12. The van der Waals surface area contributed by atoms with Crippen molar-refractivity contribution in [3.63, 3.8) is 0 Å². The molecule has 0 aliphatic heterocycles. The Balaban J connectivity index is 0. The van der Waals surface area contributed by atoms with Crippen LogP contribution in [0.4, 0.5) is 0 Å². The number of carbonyl (C=O) groups is 1. The number of nitrogens with zero attached hydrogens (tertiary/aromatic N) is 1. The summed E-state index contributed by atoms with van der Waals surface area (Å²) in [5.41, 5.74) is 0.999. The number of hydrogen-bond acceptors (Lipinski definition) is 1. The zero-order valence-electron chi connectivity index (χ0n) is 8.72. The molecule has 0 saturated heterocycles. The molecule has 12 heavy (non-hydrogen) atoms. The Morgan fingerprint density at radius 2 is 1.75 bits per heavy atom. The van der Waals surface area contributed by atoms with Gasteiger partial charge in [0.25, 0.3) is 0 Å². The first-order valence-electron chi connectivity index (χ1n) is 4.12. The third kappa shape index (κ3) is 7.06. The molecule has 2 nitrogen and oxygen atoms in total. The van der Waals surface area contributed by atoms with Crippen molar-refractivity contribution in [1.82, 2.24) is 4.90 Å². The van der Waals surface area contributed by atoms with Gasteiger partial charge >= 0.3 is 0 Å². The maximum atomic E-state index is 11.0. The second-order valence-corrected chi connectivity index (χ2v) is 2.35. The SMILES string of the molecule is C=CN(C)C(=O)C=C(C)C.CC. The fourth-order valence-electron chi connectivity index (χ4n) is 0.439. The summed E-state index contributed by atoms with van der Waals surface area (Å²) in [7, 11) is 1.68. The van der Waals surface area contributed by atoms with E-state index in [9.17, 15) is 4.79 Å². The lowest BCUT2D eigenvalue weighted by molar-refractivity contribution is -0.122. The highest BCUT2D eigenvalue weighted by atomic mass is 16.2. The molecule has 0 unspecified atom stereocenters. The zero-order valence-corrected chi connectivity index (χ0v) is 8.72. The maximum Gasteiger partial charge on any atom is 0.250 e. The molecule has 0 atom stereocenters. The fraction of sp³-hybridized carbons (Fsp3) is 0.500. The maximum absolute atomic E-state index is 11.0. The first kappa shape index (κ1) is 13.5. The van der Waals surface area contributed by atoms with Crippen molar-refractivity contribution in [2.45, 2.75) is 27.7 Å². The summed E-state index contributed by atoms with van der Waals surface area (Å²) >= 11 is 0. The molecule has 0 heterocycles. The Bertz CT molecular complexity index is 167. The van der Waals surface area contributed by atoms with Gasteiger partial charge in [-0.2, -0.15) is 0 Å². The summed E-state index contributed by atoms with van der Waals surface area (Å²) in [5.74, 6) is -0.0324. The van der Waals surface area contributed by atoms with E-state index in [-0.39, 0.29) is 5.91 Å². The molecule has 2 heteroatoms. The van der Waals surface area contributed by atoms with Crippen molar-refractivity contribution < 1.29 is 4.79 Å². The van der Waals surface area contributed by atoms with Gasteiger partial charge < -0.3 is 4.90 Å². The summed E-state index contributed by atoms with van der Waals surface area (Å²) in [6.07, 6.45) is 3.06. The van der Waals surface area contributed by atoms with E-state index in [1.165, 1.54) is 11.1 Å². The smallest absolute Gasteiger partial charge is 0.250 e. The molecule has 0 saturated carbocycles. The highest BCUT2D eigenvalue weighted by molar-refractivity contribution is 5.88. The zero-order chi connectivity index (χ0) is 10.1. The van der Waals surface area contributed by atoms with E-state index < -0.39 is 0 Å². The predicted octanol–water partition coefficient (Wildman–Crippen LogP) is 2.58. The lowest BCUT2D eigenvalue weighted by Gasteiger charge is -2.06. The second kappa shape index (κ2) is 8.05. The Morgan fingerprint density at radius 3 is 2.00 bits per heavy atom. The molecule has 0 aromatic rings. The van der Waals surface area contributed by atoms with Crippen molar-refractivity contribution in [2.24, 2.45) is 0 Å². The Morgan fingerprint density at radius 1 is 1.33 bits per heavy atom. The lowest BCUT2D eigenvalue weighted by atomic mass is 10.3. The molecule has 0 aliphatic rings. The second-order valence-electron chi connectivity index (χ2n) is 2.35. The molecule has 0 radical (unpaired) electrons. The van der Waals surface area contributed by atoms with Crippen molar-refractivity contribution in [3.05, 3.63) is 24.4 Å². The molecular weight excluding hydrogens is 150 g/mol. The minimum Gasteiger partial charge on any atom is -0.319 e. The van der Waals surface area contributed by atoms with Crippen LogP contribution < -0.4 is 0 Å². The minimum absolute atomic E-state index is 0.0324. The minimum atomic E-state index is -0.0324. The molecule has 0 spiro atoms. The van der Waals surface area contributed by atoms with E-state index in [0.29, 0.717) is 0 Å². The van der Waals surface area contributed by atoms with Crippen molar-refractivity contribution >= 4 is 5.91 Å². The molecule has 1 amide bonds. The Kier molecular flexibility index (Phi) is 9.08. The van der Waals surface area contributed by atoms with Gasteiger partial charge in [0.15, 0.2) is 0 Å². The van der Waals surface area contributed by atoms with E-state index >= 15 is 0 Å². The van der Waals surface area contributed by atoms with E-state index in [1.54, 1.807) is 13.1 Å². The Hall–Kier alpha value is -1.05. The van der Waals surface area contributed by atoms with Gasteiger partial charge in [0.05, 0.1) is 0 Å². The highest BCUT2D eigenvalue weighted by Gasteiger charge is 1.98. The van der Waals surface area contributed by atoms with Gasteiger partial charge in [0.2, 0.25) is 5.91 Å². The summed E-state index contributed by atoms with van der Waals surface area (Å²) in [6, 6.07) is 0. The van der Waals surface area contributed by atoms with Crippen LogP contribution in [0.1, 0.15) is 27.7 Å². The van der Waals surface area contributed by atoms with Gasteiger partial charge in [-0.1, -0.05) is 26.0 Å². The monoisotopic (exact) mass is 169 g/mol. The van der Waals surface area contributed by atoms with E-state index in [0.717, 1.165) is 5.57 Å². The number of carbonyl (C=O) groups excluding carboxylic acids is 1. The number of hydrogen-bond donors (Lipinski definition) is 0. The standard InChI is InChI=1S/C8H13NO.C2H6/c1-5-9(4)8(10)6-7(2)3;1-2/h5-6H,1H2,2-4H3;1-2H3. The molecule has 0 aromatic carbocycles. The summed E-state index contributed by atoms with van der Waals surface area (Å²) < 4.78 is 0. The van der Waals surface area contributed by atoms with Crippen LogP contribution in [0.3, 0.4) is 0 Å². The molecule has 0 aromatic heterocycles. The number of rotatable bonds is 2. The normalized spacial score (nSPS) is 7.42. The third-order valence-corrected chi connectivity index (χ3v) is 1.03. The third-order valence-electron chi connectivity index (χ3n) is 1.03. The van der Waals surface area contributed by atoms with Gasteiger partial charge in [-0.15, -0.1) is 0 Å². The molecule has 0 fully saturated rings. The Labute approximate surface area is 75.6 Å². The average molecular weight is 169 g/mol. The topological polar surface area (TPSA) is 20.3 Å². The molecule has 0 aliphatic carbocycles. The van der Waals surface area contributed by atoms with Crippen LogP contribution in [0, 0.1) is 0 Å². The molecule has 70 valence electrons. The molecular formula is C10H19NO. The molecule has 0 N–H and O–H groups in total. The largest absolute Gasteiger partial charge is 0.319 e. The average Bonchev–Trinajstić information content (AvgIpc) is 2.05. The van der Waals surface area contributed by atoms with E-state index in [4.69, 9.17) is 0 Å². The van der Waals surface area contributed by atoms with Crippen molar-refractivity contribution in [2.75, 3.05) is 7.05 Å². The van der Waals surface area contributed by atoms with Crippen molar-refractivity contribution in [1.29, 1.82) is 0 Å². The van der Waals surface area contributed by atoms with Crippen LogP contribution in [0.25, 0.3) is 0 Å². The van der Waals surface area contributed by atoms with Gasteiger partial charge in [-0.25, -0.2) is 0 Å². The van der Waals surface area contributed by atoms with E-state index in [2.05, 4.69) is 6.58 Å². The number of likely N-dealkylation sites (N-methyl/N-ethyl adjacent to an activating group) is 1. The van der Waals surface area contributed by atoms with Gasteiger partial charge in [0.1, 0.15) is 0 Å². The van der Waals surface area contributed by atoms with Gasteiger partial charge in [-0.05, 0) is 20.0 Å². The first-order chi connectivity index (χ1) is 5.57. The fourth-order valence-corrected chi connectivity index (χ4v) is 0.439.